The number of carbonyl (C=O) groups excluding carboxylic acids is 2. The van der Waals surface area contributed by atoms with Crippen molar-refractivity contribution in [2.45, 2.75) is 6.42 Å². The van der Waals surface area contributed by atoms with Crippen molar-refractivity contribution in [3.05, 3.63) is 77.9 Å². The molecule has 0 unspecified atom stereocenters. The minimum atomic E-state index is -0.444. The van der Waals surface area contributed by atoms with Gasteiger partial charge in [-0.25, -0.2) is 0 Å². The highest BCUT2D eigenvalue weighted by molar-refractivity contribution is 7.80. The molecule has 3 rings (SSSR count). The van der Waals surface area contributed by atoms with Gasteiger partial charge in [-0.2, -0.15) is 0 Å². The van der Waals surface area contributed by atoms with Crippen LogP contribution < -0.4 is 16.2 Å². The van der Waals surface area contributed by atoms with Crippen LogP contribution in [0.4, 0.5) is 0 Å². The van der Waals surface area contributed by atoms with Crippen molar-refractivity contribution in [3.63, 3.8) is 0 Å². The second kappa shape index (κ2) is 8.29. The van der Waals surface area contributed by atoms with Crippen molar-refractivity contribution < 1.29 is 14.7 Å². The first-order chi connectivity index (χ1) is 13.0. The Labute approximate surface area is 161 Å². The summed E-state index contributed by atoms with van der Waals surface area (Å²) in [6.45, 7) is 0. The number of nitrogens with one attached hydrogen (secondary N) is 3. The lowest BCUT2D eigenvalue weighted by Crippen LogP contribution is -2.48. The molecule has 2 amide bonds. The normalized spacial score (nSPS) is 10.2. The van der Waals surface area contributed by atoms with Crippen LogP contribution >= 0.6 is 12.2 Å². The predicted octanol–water partition coefficient (Wildman–Crippen LogP) is 2.42. The van der Waals surface area contributed by atoms with Gasteiger partial charge >= 0.3 is 0 Å². The third-order valence-corrected chi connectivity index (χ3v) is 4.11. The van der Waals surface area contributed by atoms with Gasteiger partial charge in [-0.15, -0.1) is 0 Å². The summed E-state index contributed by atoms with van der Waals surface area (Å²) in [5.41, 5.74) is 6.11. The number of hydrazine groups is 1. The monoisotopic (exact) mass is 379 g/mol. The van der Waals surface area contributed by atoms with Crippen LogP contribution in [0.2, 0.25) is 0 Å². The van der Waals surface area contributed by atoms with Gasteiger partial charge in [0.2, 0.25) is 5.91 Å². The van der Waals surface area contributed by atoms with Gasteiger partial charge in [0.1, 0.15) is 5.75 Å². The topological polar surface area (TPSA) is 90.5 Å². The summed E-state index contributed by atoms with van der Waals surface area (Å²) in [7, 11) is 0. The van der Waals surface area contributed by atoms with Gasteiger partial charge in [0, 0.05) is 5.56 Å². The molecule has 27 heavy (non-hydrogen) atoms. The van der Waals surface area contributed by atoms with Gasteiger partial charge in [-0.1, -0.05) is 42.5 Å². The molecule has 0 aliphatic rings. The van der Waals surface area contributed by atoms with Crippen LogP contribution in [0, 0.1) is 0 Å². The molecule has 0 aliphatic heterocycles. The van der Waals surface area contributed by atoms with Gasteiger partial charge in [0.05, 0.1) is 6.42 Å². The SMILES string of the molecule is O=C(Cc1cccc2ccccc12)NC(=S)NNC(=O)c1ccc(O)cc1. The lowest BCUT2D eigenvalue weighted by Gasteiger charge is -2.11. The first kappa shape index (κ1) is 18.3. The molecular weight excluding hydrogens is 362 g/mol. The smallest absolute Gasteiger partial charge is 0.269 e. The van der Waals surface area contributed by atoms with Crippen molar-refractivity contribution in [3.8, 4) is 5.75 Å². The number of aromatic hydroxyl groups is 1. The summed E-state index contributed by atoms with van der Waals surface area (Å²) in [5, 5.41) is 13.8. The van der Waals surface area contributed by atoms with Crippen LogP contribution in [0.5, 0.6) is 5.75 Å². The number of hydrogen-bond donors (Lipinski definition) is 4. The first-order valence-electron chi connectivity index (χ1n) is 8.19. The molecule has 0 heterocycles. The van der Waals surface area contributed by atoms with E-state index in [0.29, 0.717) is 5.56 Å². The molecule has 0 saturated carbocycles. The molecule has 136 valence electrons. The van der Waals surface area contributed by atoms with E-state index in [1.54, 1.807) is 0 Å². The number of phenolic OH excluding ortho intramolecular Hbond substituents is 1. The van der Waals surface area contributed by atoms with Crippen LogP contribution in [0.1, 0.15) is 15.9 Å². The highest BCUT2D eigenvalue weighted by Gasteiger charge is 2.10. The molecule has 3 aromatic carbocycles. The number of phenols is 1. The van der Waals surface area contributed by atoms with E-state index in [4.69, 9.17) is 12.2 Å². The van der Waals surface area contributed by atoms with E-state index in [-0.39, 0.29) is 23.2 Å². The second-order valence-corrected chi connectivity index (χ2v) is 6.23. The minimum absolute atomic E-state index is 0.00707. The van der Waals surface area contributed by atoms with Crippen LogP contribution in [0.25, 0.3) is 10.8 Å². The lowest BCUT2D eigenvalue weighted by atomic mass is 10.0. The second-order valence-electron chi connectivity index (χ2n) is 5.82. The van der Waals surface area contributed by atoms with Crippen LogP contribution in [0.15, 0.2) is 66.7 Å². The van der Waals surface area contributed by atoms with Crippen LogP contribution in [-0.4, -0.2) is 22.0 Å². The fourth-order valence-electron chi connectivity index (χ4n) is 2.62. The molecular formula is C20H17N3O3S. The fraction of sp³-hybridized carbons (Fsp3) is 0.0500. The zero-order chi connectivity index (χ0) is 19.2. The van der Waals surface area contributed by atoms with Crippen molar-refractivity contribution >= 4 is 39.9 Å². The number of rotatable bonds is 3. The predicted molar refractivity (Wildman–Crippen MR) is 107 cm³/mol. The quantitative estimate of drug-likeness (QED) is 0.415. The van der Waals surface area contributed by atoms with E-state index in [0.717, 1.165) is 16.3 Å². The van der Waals surface area contributed by atoms with Crippen molar-refractivity contribution in [1.29, 1.82) is 0 Å². The number of hydrogen-bond acceptors (Lipinski definition) is 4. The largest absolute Gasteiger partial charge is 0.508 e. The summed E-state index contributed by atoms with van der Waals surface area (Å²) in [5.74, 6) is -0.667. The summed E-state index contributed by atoms with van der Waals surface area (Å²) in [4.78, 5) is 24.2. The summed E-state index contributed by atoms with van der Waals surface area (Å²) >= 11 is 5.03. The molecule has 0 fully saturated rings. The average Bonchev–Trinajstić information content (AvgIpc) is 2.67. The minimum Gasteiger partial charge on any atom is -0.508 e. The molecule has 0 atom stereocenters. The Bertz CT molecular complexity index is 998. The first-order valence-corrected chi connectivity index (χ1v) is 8.59. The molecule has 0 saturated heterocycles. The molecule has 3 aromatic rings. The number of fused-ring (bicyclic) bond motifs is 1. The Kier molecular flexibility index (Phi) is 5.63. The highest BCUT2D eigenvalue weighted by Crippen LogP contribution is 2.18. The van der Waals surface area contributed by atoms with Gasteiger partial charge in [-0.3, -0.25) is 20.4 Å². The van der Waals surface area contributed by atoms with Gasteiger partial charge < -0.3 is 10.4 Å². The van der Waals surface area contributed by atoms with E-state index in [1.165, 1.54) is 24.3 Å². The van der Waals surface area contributed by atoms with E-state index in [9.17, 15) is 14.7 Å². The Morgan fingerprint density at radius 3 is 2.37 bits per heavy atom. The maximum Gasteiger partial charge on any atom is 0.269 e. The van der Waals surface area contributed by atoms with Crippen molar-refractivity contribution in [2.24, 2.45) is 0 Å². The number of benzene rings is 3. The summed E-state index contributed by atoms with van der Waals surface area (Å²) < 4.78 is 0. The number of amides is 2. The van der Waals surface area contributed by atoms with Crippen LogP contribution in [0.3, 0.4) is 0 Å². The van der Waals surface area contributed by atoms with E-state index >= 15 is 0 Å². The van der Waals surface area contributed by atoms with Crippen molar-refractivity contribution in [1.82, 2.24) is 16.2 Å². The molecule has 0 aromatic heterocycles. The summed E-state index contributed by atoms with van der Waals surface area (Å²) in [6, 6.07) is 19.3. The van der Waals surface area contributed by atoms with Gasteiger partial charge in [-0.05, 0) is 52.8 Å². The maximum atomic E-state index is 12.2. The standard InChI is InChI=1S/C20H17N3O3S/c24-16-10-8-14(9-11-16)19(26)22-23-20(27)21-18(25)12-15-6-3-5-13-4-1-2-7-17(13)15/h1-11,24H,12H2,(H,22,26)(H2,21,23,25,27). The summed E-state index contributed by atoms with van der Waals surface area (Å²) in [6.07, 6.45) is 0.162. The van der Waals surface area contributed by atoms with Gasteiger partial charge in [0.15, 0.2) is 5.11 Å². The van der Waals surface area contributed by atoms with E-state index in [2.05, 4.69) is 16.2 Å². The molecule has 6 nitrogen and oxygen atoms in total. The Morgan fingerprint density at radius 1 is 0.889 bits per heavy atom. The Hall–Kier alpha value is -3.45. The van der Waals surface area contributed by atoms with Gasteiger partial charge in [0.25, 0.3) is 5.91 Å². The van der Waals surface area contributed by atoms with Crippen molar-refractivity contribution in [2.75, 3.05) is 0 Å². The zero-order valence-corrected chi connectivity index (χ0v) is 15.0. The van der Waals surface area contributed by atoms with Crippen LogP contribution in [-0.2, 0) is 11.2 Å². The lowest BCUT2D eigenvalue weighted by molar-refractivity contribution is -0.119. The Balaban J connectivity index is 1.54. The zero-order valence-electron chi connectivity index (χ0n) is 14.2. The molecule has 7 heteroatoms. The molecule has 4 N–H and O–H groups in total. The Morgan fingerprint density at radius 2 is 1.59 bits per heavy atom. The number of carbonyl (C=O) groups is 2. The molecule has 0 bridgehead atoms. The molecule has 0 aliphatic carbocycles. The van der Waals surface area contributed by atoms with E-state index in [1.807, 2.05) is 42.5 Å². The highest BCUT2D eigenvalue weighted by atomic mass is 32.1. The third-order valence-electron chi connectivity index (χ3n) is 3.90. The average molecular weight is 379 g/mol. The maximum absolute atomic E-state index is 12.2. The molecule has 0 spiro atoms. The van der Waals surface area contributed by atoms with E-state index < -0.39 is 5.91 Å². The fourth-order valence-corrected chi connectivity index (χ4v) is 2.79. The third kappa shape index (κ3) is 4.80. The molecule has 0 radical (unpaired) electrons. The number of thiocarbonyl (C=S) groups is 1.